The SMILES string of the molecule is CNc1nc(-c2sccc2Cl)nc(-n2cccn2)n1. The van der Waals surface area contributed by atoms with Crippen LogP contribution < -0.4 is 5.32 Å². The van der Waals surface area contributed by atoms with Gasteiger partial charge in [0.1, 0.15) is 0 Å². The maximum atomic E-state index is 6.11. The molecule has 3 aromatic heterocycles. The van der Waals surface area contributed by atoms with Gasteiger partial charge in [-0.05, 0) is 17.5 Å². The van der Waals surface area contributed by atoms with Crippen molar-refractivity contribution in [2.24, 2.45) is 0 Å². The second kappa shape index (κ2) is 4.94. The number of anilines is 1. The average molecular weight is 293 g/mol. The number of hydrogen-bond donors (Lipinski definition) is 1. The first-order valence-electron chi connectivity index (χ1n) is 5.45. The van der Waals surface area contributed by atoms with Crippen LogP contribution in [0.25, 0.3) is 16.6 Å². The molecule has 0 fully saturated rings. The minimum absolute atomic E-state index is 0.448. The minimum Gasteiger partial charge on any atom is -0.357 e. The molecule has 6 nitrogen and oxygen atoms in total. The highest BCUT2D eigenvalue weighted by Crippen LogP contribution is 2.31. The van der Waals surface area contributed by atoms with Crippen LogP contribution in [0.3, 0.4) is 0 Å². The molecule has 0 saturated carbocycles. The van der Waals surface area contributed by atoms with Gasteiger partial charge >= 0.3 is 0 Å². The Hall–Kier alpha value is -1.99. The number of halogens is 1. The summed E-state index contributed by atoms with van der Waals surface area (Å²) in [5.74, 6) is 1.45. The second-order valence-corrected chi connectivity index (χ2v) is 4.90. The van der Waals surface area contributed by atoms with E-state index in [0.29, 0.717) is 22.7 Å². The summed E-state index contributed by atoms with van der Waals surface area (Å²) in [6, 6.07) is 3.62. The summed E-state index contributed by atoms with van der Waals surface area (Å²) in [6.45, 7) is 0. The standard InChI is InChI=1S/C11H9ClN6S/c1-13-10-15-9(8-7(12)3-6-19-8)16-11(17-10)18-5-2-4-14-18/h2-6H,1H3,(H,13,15,16,17). The lowest BCUT2D eigenvalue weighted by Gasteiger charge is -2.05. The van der Waals surface area contributed by atoms with E-state index in [4.69, 9.17) is 11.6 Å². The molecule has 0 saturated heterocycles. The third kappa shape index (κ3) is 2.29. The Labute approximate surface area is 118 Å². The Balaban J connectivity index is 2.16. The molecule has 3 heterocycles. The molecular formula is C11H9ClN6S. The molecule has 0 bridgehead atoms. The van der Waals surface area contributed by atoms with Crippen LogP contribution in [0.5, 0.6) is 0 Å². The smallest absolute Gasteiger partial charge is 0.255 e. The van der Waals surface area contributed by atoms with Crippen molar-refractivity contribution in [3.63, 3.8) is 0 Å². The van der Waals surface area contributed by atoms with Crippen LogP contribution in [0.2, 0.25) is 5.02 Å². The quantitative estimate of drug-likeness (QED) is 0.803. The molecule has 0 aliphatic carbocycles. The third-order valence-corrected chi connectivity index (χ3v) is 3.71. The van der Waals surface area contributed by atoms with Gasteiger partial charge in [-0.25, -0.2) is 4.68 Å². The topological polar surface area (TPSA) is 68.5 Å². The van der Waals surface area contributed by atoms with Gasteiger partial charge in [-0.3, -0.25) is 0 Å². The van der Waals surface area contributed by atoms with E-state index in [0.717, 1.165) is 4.88 Å². The first-order chi connectivity index (χ1) is 9.28. The molecule has 3 aromatic rings. The van der Waals surface area contributed by atoms with Crippen LogP contribution >= 0.6 is 22.9 Å². The third-order valence-electron chi connectivity index (χ3n) is 2.38. The lowest BCUT2D eigenvalue weighted by atomic mass is 10.4. The first-order valence-corrected chi connectivity index (χ1v) is 6.71. The summed E-state index contributed by atoms with van der Waals surface area (Å²) >= 11 is 7.60. The molecule has 96 valence electrons. The lowest BCUT2D eigenvalue weighted by Crippen LogP contribution is -2.07. The molecule has 0 spiro atoms. The largest absolute Gasteiger partial charge is 0.357 e. The number of hydrogen-bond acceptors (Lipinski definition) is 6. The fourth-order valence-electron chi connectivity index (χ4n) is 1.52. The maximum Gasteiger partial charge on any atom is 0.255 e. The van der Waals surface area contributed by atoms with Crippen molar-refractivity contribution in [1.82, 2.24) is 24.7 Å². The van der Waals surface area contributed by atoms with Crippen LogP contribution in [0.15, 0.2) is 29.9 Å². The van der Waals surface area contributed by atoms with E-state index in [1.54, 1.807) is 30.2 Å². The van der Waals surface area contributed by atoms with Crippen molar-refractivity contribution in [1.29, 1.82) is 0 Å². The van der Waals surface area contributed by atoms with Crippen molar-refractivity contribution >= 4 is 28.9 Å². The molecule has 0 aromatic carbocycles. The molecule has 0 aliphatic rings. The van der Waals surface area contributed by atoms with E-state index in [2.05, 4.69) is 25.4 Å². The normalized spacial score (nSPS) is 10.6. The van der Waals surface area contributed by atoms with E-state index in [-0.39, 0.29) is 0 Å². The molecule has 0 aliphatic heterocycles. The van der Waals surface area contributed by atoms with Crippen LogP contribution in [-0.4, -0.2) is 31.8 Å². The molecule has 0 unspecified atom stereocenters. The van der Waals surface area contributed by atoms with Gasteiger partial charge < -0.3 is 5.32 Å². The zero-order valence-electron chi connectivity index (χ0n) is 9.91. The number of thiophene rings is 1. The van der Waals surface area contributed by atoms with Crippen LogP contribution in [0.1, 0.15) is 0 Å². The minimum atomic E-state index is 0.448. The fourth-order valence-corrected chi connectivity index (χ4v) is 2.59. The van der Waals surface area contributed by atoms with Gasteiger partial charge in [-0.15, -0.1) is 11.3 Å². The van der Waals surface area contributed by atoms with Crippen LogP contribution in [0, 0.1) is 0 Å². The Morgan fingerprint density at radius 2 is 2.21 bits per heavy atom. The van der Waals surface area contributed by atoms with Gasteiger partial charge in [0.25, 0.3) is 5.95 Å². The summed E-state index contributed by atoms with van der Waals surface area (Å²) < 4.78 is 1.58. The van der Waals surface area contributed by atoms with Crippen LogP contribution in [0.4, 0.5) is 5.95 Å². The Bertz CT molecular complexity index is 693. The number of aromatic nitrogens is 5. The summed E-state index contributed by atoms with van der Waals surface area (Å²) in [4.78, 5) is 13.8. The van der Waals surface area contributed by atoms with Crippen LogP contribution in [-0.2, 0) is 0 Å². The van der Waals surface area contributed by atoms with E-state index in [1.807, 2.05) is 11.4 Å². The van der Waals surface area contributed by atoms with E-state index >= 15 is 0 Å². The summed E-state index contributed by atoms with van der Waals surface area (Å²) in [6.07, 6.45) is 3.44. The first kappa shape index (κ1) is 12.1. The zero-order valence-corrected chi connectivity index (χ0v) is 11.5. The number of rotatable bonds is 3. The van der Waals surface area contributed by atoms with Crippen molar-refractivity contribution in [3.05, 3.63) is 34.9 Å². The van der Waals surface area contributed by atoms with Gasteiger partial charge in [-0.2, -0.15) is 20.1 Å². The molecule has 19 heavy (non-hydrogen) atoms. The predicted molar refractivity (Wildman–Crippen MR) is 74.8 cm³/mol. The van der Waals surface area contributed by atoms with Gasteiger partial charge in [0.2, 0.25) is 5.95 Å². The Morgan fingerprint density at radius 3 is 2.84 bits per heavy atom. The molecule has 0 amide bonds. The average Bonchev–Trinajstić information content (AvgIpc) is 3.09. The molecule has 0 radical (unpaired) electrons. The molecule has 8 heteroatoms. The van der Waals surface area contributed by atoms with Crippen molar-refractivity contribution in [2.75, 3.05) is 12.4 Å². The number of nitrogens with one attached hydrogen (secondary N) is 1. The van der Waals surface area contributed by atoms with Crippen molar-refractivity contribution < 1.29 is 0 Å². The van der Waals surface area contributed by atoms with E-state index < -0.39 is 0 Å². The Kier molecular flexibility index (Phi) is 3.14. The molecule has 0 atom stereocenters. The predicted octanol–water partition coefficient (Wildman–Crippen LogP) is 2.48. The maximum absolute atomic E-state index is 6.11. The molecule has 1 N–H and O–H groups in total. The van der Waals surface area contributed by atoms with E-state index in [1.165, 1.54) is 11.3 Å². The monoisotopic (exact) mass is 292 g/mol. The van der Waals surface area contributed by atoms with Gasteiger partial charge in [-0.1, -0.05) is 11.6 Å². The van der Waals surface area contributed by atoms with Gasteiger partial charge in [0, 0.05) is 19.4 Å². The summed E-state index contributed by atoms with van der Waals surface area (Å²) in [5, 5.41) is 9.55. The van der Waals surface area contributed by atoms with Gasteiger partial charge in [0.15, 0.2) is 5.82 Å². The second-order valence-electron chi connectivity index (χ2n) is 3.58. The van der Waals surface area contributed by atoms with Gasteiger partial charge in [0.05, 0.1) is 9.90 Å². The highest BCUT2D eigenvalue weighted by atomic mass is 35.5. The Morgan fingerprint density at radius 1 is 1.32 bits per heavy atom. The summed E-state index contributed by atoms with van der Waals surface area (Å²) in [7, 11) is 1.75. The van der Waals surface area contributed by atoms with E-state index in [9.17, 15) is 0 Å². The number of nitrogens with zero attached hydrogens (tertiary/aromatic N) is 5. The molecular weight excluding hydrogens is 284 g/mol. The molecule has 3 rings (SSSR count). The highest BCUT2D eigenvalue weighted by molar-refractivity contribution is 7.14. The highest BCUT2D eigenvalue weighted by Gasteiger charge is 2.13. The lowest BCUT2D eigenvalue weighted by molar-refractivity contribution is 0.800. The zero-order chi connectivity index (χ0) is 13.2. The fraction of sp³-hybridized carbons (Fsp3) is 0.0909. The van der Waals surface area contributed by atoms with Crippen molar-refractivity contribution in [2.45, 2.75) is 0 Å². The summed E-state index contributed by atoms with van der Waals surface area (Å²) in [5.41, 5.74) is 0. The van der Waals surface area contributed by atoms with Crippen molar-refractivity contribution in [3.8, 4) is 16.6 Å².